The standard InChI is InChI=1S/C20H19ClF2N8O2/c21-16-14(7-13(33-19(22)23)8-15(16)30-3-5-32-6-4-30)27-20-28-17(26-11-1-2-11)18-25-10-12(9-24)31(18)29-20/h7-8,10-11,19H,1-6H2,(H2,26,27,28,29). The molecule has 2 fully saturated rings. The molecule has 13 heteroatoms. The van der Waals surface area contributed by atoms with Crippen molar-refractivity contribution in [3.05, 3.63) is 29.0 Å². The molecule has 0 atom stereocenters. The summed E-state index contributed by atoms with van der Waals surface area (Å²) < 4.78 is 37.3. The molecule has 1 aliphatic carbocycles. The Labute approximate surface area is 192 Å². The van der Waals surface area contributed by atoms with Crippen LogP contribution in [0.15, 0.2) is 18.3 Å². The SMILES string of the molecule is N#Cc1cnc2c(NC3CC3)nc(Nc3cc(OC(F)F)cc(N4CCOCC4)c3Cl)nn12. The van der Waals surface area contributed by atoms with Crippen LogP contribution in [-0.2, 0) is 4.74 Å². The molecule has 0 radical (unpaired) electrons. The van der Waals surface area contributed by atoms with Crippen molar-refractivity contribution in [2.24, 2.45) is 0 Å². The lowest BCUT2D eigenvalue weighted by molar-refractivity contribution is -0.0497. The van der Waals surface area contributed by atoms with E-state index < -0.39 is 6.61 Å². The minimum atomic E-state index is -3.00. The predicted molar refractivity (Wildman–Crippen MR) is 117 cm³/mol. The molecular formula is C20H19ClF2N8O2. The number of nitrogens with zero attached hydrogens (tertiary/aromatic N) is 6. The smallest absolute Gasteiger partial charge is 0.387 e. The molecule has 2 aliphatic rings. The quantitative estimate of drug-likeness (QED) is 0.529. The molecule has 1 saturated heterocycles. The first-order valence-corrected chi connectivity index (χ1v) is 10.7. The lowest BCUT2D eigenvalue weighted by atomic mass is 10.2. The molecule has 10 nitrogen and oxygen atoms in total. The summed E-state index contributed by atoms with van der Waals surface area (Å²) in [6.07, 6.45) is 3.42. The number of benzene rings is 1. The number of morpholine rings is 1. The van der Waals surface area contributed by atoms with Gasteiger partial charge in [0.25, 0.3) is 0 Å². The monoisotopic (exact) mass is 476 g/mol. The molecule has 0 amide bonds. The van der Waals surface area contributed by atoms with Gasteiger partial charge in [0.2, 0.25) is 5.95 Å². The summed E-state index contributed by atoms with van der Waals surface area (Å²) >= 11 is 6.66. The molecule has 0 bridgehead atoms. The fraction of sp³-hybridized carbons (Fsp3) is 0.400. The topological polar surface area (TPSA) is 113 Å². The predicted octanol–water partition coefficient (Wildman–Crippen LogP) is 3.41. The third-order valence-electron chi connectivity index (χ3n) is 5.25. The molecule has 33 heavy (non-hydrogen) atoms. The molecule has 2 aromatic heterocycles. The van der Waals surface area contributed by atoms with Crippen LogP contribution in [0.4, 0.5) is 31.9 Å². The lowest BCUT2D eigenvalue weighted by Gasteiger charge is -2.30. The molecule has 3 heterocycles. The van der Waals surface area contributed by atoms with E-state index in [1.165, 1.54) is 22.8 Å². The van der Waals surface area contributed by atoms with E-state index >= 15 is 0 Å². The summed E-state index contributed by atoms with van der Waals surface area (Å²) in [6, 6.07) is 5.15. The number of halogens is 3. The van der Waals surface area contributed by atoms with Gasteiger partial charge in [-0.3, -0.25) is 0 Å². The molecule has 0 spiro atoms. The van der Waals surface area contributed by atoms with Gasteiger partial charge < -0.3 is 25.0 Å². The van der Waals surface area contributed by atoms with Gasteiger partial charge in [0.15, 0.2) is 17.2 Å². The van der Waals surface area contributed by atoms with Gasteiger partial charge in [-0.05, 0) is 12.8 Å². The van der Waals surface area contributed by atoms with Crippen LogP contribution in [0.5, 0.6) is 5.75 Å². The van der Waals surface area contributed by atoms with Gasteiger partial charge in [-0.25, -0.2) is 4.98 Å². The number of hydrogen-bond acceptors (Lipinski definition) is 9. The summed E-state index contributed by atoms with van der Waals surface area (Å²) in [6.45, 7) is -0.910. The van der Waals surface area contributed by atoms with E-state index in [9.17, 15) is 14.0 Å². The van der Waals surface area contributed by atoms with Crippen LogP contribution in [0.2, 0.25) is 5.02 Å². The number of nitrogens with one attached hydrogen (secondary N) is 2. The zero-order valence-electron chi connectivity index (χ0n) is 17.3. The molecule has 172 valence electrons. The van der Waals surface area contributed by atoms with Crippen LogP contribution >= 0.6 is 11.6 Å². The van der Waals surface area contributed by atoms with E-state index in [1.54, 1.807) is 0 Å². The van der Waals surface area contributed by atoms with Gasteiger partial charge in [-0.2, -0.15) is 23.5 Å². The highest BCUT2D eigenvalue weighted by Gasteiger charge is 2.25. The second-order valence-electron chi connectivity index (χ2n) is 7.60. The zero-order chi connectivity index (χ0) is 22.9. The van der Waals surface area contributed by atoms with E-state index in [0.29, 0.717) is 48.5 Å². The van der Waals surface area contributed by atoms with Crippen LogP contribution in [0.1, 0.15) is 18.5 Å². The van der Waals surface area contributed by atoms with Gasteiger partial charge in [0.1, 0.15) is 11.8 Å². The van der Waals surface area contributed by atoms with Crippen LogP contribution in [0, 0.1) is 11.3 Å². The summed E-state index contributed by atoms with van der Waals surface area (Å²) in [4.78, 5) is 10.7. The zero-order valence-corrected chi connectivity index (χ0v) is 18.0. The Morgan fingerprint density at radius 3 is 2.76 bits per heavy atom. The molecular weight excluding hydrogens is 458 g/mol. The Bertz CT molecular complexity index is 1220. The van der Waals surface area contributed by atoms with Gasteiger partial charge in [-0.1, -0.05) is 11.6 Å². The highest BCUT2D eigenvalue weighted by molar-refractivity contribution is 6.36. The number of alkyl halides is 2. The summed E-state index contributed by atoms with van der Waals surface area (Å²) in [7, 11) is 0. The van der Waals surface area contributed by atoms with Gasteiger partial charge in [-0.15, -0.1) is 5.10 Å². The number of hydrogen-bond donors (Lipinski definition) is 2. The lowest BCUT2D eigenvalue weighted by Crippen LogP contribution is -2.36. The summed E-state index contributed by atoms with van der Waals surface area (Å²) in [5.41, 5.74) is 1.45. The van der Waals surface area contributed by atoms with Crippen LogP contribution < -0.4 is 20.3 Å². The van der Waals surface area contributed by atoms with Crippen molar-refractivity contribution in [2.75, 3.05) is 41.8 Å². The van der Waals surface area contributed by atoms with Crippen LogP contribution in [0.25, 0.3) is 5.65 Å². The van der Waals surface area contributed by atoms with Gasteiger partial charge >= 0.3 is 6.61 Å². The number of imidazole rings is 1. The van der Waals surface area contributed by atoms with Crippen molar-refractivity contribution >= 4 is 40.4 Å². The first-order chi connectivity index (χ1) is 16.0. The fourth-order valence-electron chi connectivity index (χ4n) is 3.53. The fourth-order valence-corrected chi connectivity index (χ4v) is 3.80. The third-order valence-corrected chi connectivity index (χ3v) is 5.64. The maximum absolute atomic E-state index is 13.0. The highest BCUT2D eigenvalue weighted by Crippen LogP contribution is 2.39. The second-order valence-corrected chi connectivity index (χ2v) is 7.98. The Morgan fingerprint density at radius 1 is 1.27 bits per heavy atom. The average molecular weight is 477 g/mol. The Morgan fingerprint density at radius 2 is 2.06 bits per heavy atom. The first kappa shape index (κ1) is 21.4. The van der Waals surface area contributed by atoms with E-state index in [0.717, 1.165) is 12.8 Å². The largest absolute Gasteiger partial charge is 0.435 e. The van der Waals surface area contributed by atoms with Crippen molar-refractivity contribution in [3.63, 3.8) is 0 Å². The molecule has 2 N–H and O–H groups in total. The van der Waals surface area contributed by atoms with Gasteiger partial charge in [0, 0.05) is 31.3 Å². The van der Waals surface area contributed by atoms with E-state index in [4.69, 9.17) is 16.3 Å². The number of ether oxygens (including phenoxy) is 2. The maximum Gasteiger partial charge on any atom is 0.387 e. The second kappa shape index (κ2) is 8.84. The van der Waals surface area contributed by atoms with Crippen molar-refractivity contribution in [1.29, 1.82) is 5.26 Å². The highest BCUT2D eigenvalue weighted by atomic mass is 35.5. The first-order valence-electron chi connectivity index (χ1n) is 10.3. The molecule has 5 rings (SSSR count). The minimum absolute atomic E-state index is 0.0591. The Balaban J connectivity index is 1.55. The van der Waals surface area contributed by atoms with E-state index in [-0.39, 0.29) is 29.1 Å². The van der Waals surface area contributed by atoms with E-state index in [2.05, 4.69) is 30.4 Å². The Hall–Kier alpha value is -3.43. The third kappa shape index (κ3) is 4.55. The molecule has 1 saturated carbocycles. The summed E-state index contributed by atoms with van der Waals surface area (Å²) in [5, 5.41) is 20.3. The van der Waals surface area contributed by atoms with E-state index in [1.807, 2.05) is 11.0 Å². The van der Waals surface area contributed by atoms with Crippen molar-refractivity contribution in [2.45, 2.75) is 25.5 Å². The van der Waals surface area contributed by atoms with Crippen LogP contribution in [0.3, 0.4) is 0 Å². The van der Waals surface area contributed by atoms with Crippen molar-refractivity contribution < 1.29 is 18.3 Å². The summed E-state index contributed by atoms with van der Waals surface area (Å²) in [5.74, 6) is 0.515. The number of nitriles is 1. The Kier molecular flexibility index (Phi) is 5.74. The molecule has 0 unspecified atom stereocenters. The number of fused-ring (bicyclic) bond motifs is 1. The normalized spacial score (nSPS) is 16.2. The van der Waals surface area contributed by atoms with Crippen LogP contribution in [-0.4, -0.2) is 58.5 Å². The number of aromatic nitrogens is 4. The molecule has 1 aromatic carbocycles. The van der Waals surface area contributed by atoms with Gasteiger partial charge in [0.05, 0.1) is 35.8 Å². The minimum Gasteiger partial charge on any atom is -0.435 e. The van der Waals surface area contributed by atoms with Crippen molar-refractivity contribution in [3.8, 4) is 11.8 Å². The molecule has 1 aliphatic heterocycles. The average Bonchev–Trinajstić information content (AvgIpc) is 3.52. The van der Waals surface area contributed by atoms with Crippen molar-refractivity contribution in [1.82, 2.24) is 19.6 Å². The maximum atomic E-state index is 13.0. The molecule has 3 aromatic rings. The number of rotatable bonds is 7. The number of anilines is 4.